The summed E-state index contributed by atoms with van der Waals surface area (Å²) in [6.07, 6.45) is 2.70. The van der Waals surface area contributed by atoms with E-state index in [-0.39, 0.29) is 36.9 Å². The van der Waals surface area contributed by atoms with Crippen molar-refractivity contribution in [3.63, 3.8) is 0 Å². The average molecular weight is 468 g/mol. The average Bonchev–Trinajstić information content (AvgIpc) is 3.33. The van der Waals surface area contributed by atoms with Crippen LogP contribution in [0, 0.1) is 5.82 Å². The molecule has 0 radical (unpaired) electrons. The first-order chi connectivity index (χ1) is 14.1. The number of aromatic nitrogens is 3. The van der Waals surface area contributed by atoms with Crippen LogP contribution < -0.4 is 15.8 Å². The largest absolute Gasteiger partial charge is 0.457 e. The van der Waals surface area contributed by atoms with Gasteiger partial charge in [-0.2, -0.15) is 0 Å². The van der Waals surface area contributed by atoms with Crippen molar-refractivity contribution < 1.29 is 13.9 Å². The van der Waals surface area contributed by atoms with E-state index in [9.17, 15) is 9.18 Å². The van der Waals surface area contributed by atoms with Crippen molar-refractivity contribution in [1.82, 2.24) is 20.1 Å². The highest BCUT2D eigenvalue weighted by Crippen LogP contribution is 2.24. The zero-order valence-electron chi connectivity index (χ0n) is 16.7. The lowest BCUT2D eigenvalue weighted by atomic mass is 10.1. The standard InChI is InChI=1S/C21H22FN5O2.2ClH/c22-18-8-7-16(29-15-5-3-14(4-6-15)9-10-23)12-17(18)21(28)24-13-20-26-25-19-2-1-11-27(19)20;;/h3-8,12H,1-2,9-11,13,23H2,(H,24,28);2*1H. The molecule has 166 valence electrons. The highest BCUT2D eigenvalue weighted by Gasteiger charge is 2.19. The molecule has 0 spiro atoms. The van der Waals surface area contributed by atoms with E-state index in [2.05, 4.69) is 15.5 Å². The molecule has 4 rings (SSSR count). The Hall–Kier alpha value is -2.68. The number of ether oxygens (including phenoxy) is 1. The quantitative estimate of drug-likeness (QED) is 0.554. The minimum Gasteiger partial charge on any atom is -0.457 e. The first-order valence-corrected chi connectivity index (χ1v) is 9.59. The predicted octanol–water partition coefficient (Wildman–Crippen LogP) is 3.43. The zero-order valence-corrected chi connectivity index (χ0v) is 18.3. The Kier molecular flexibility index (Phi) is 8.79. The van der Waals surface area contributed by atoms with Gasteiger partial charge in [-0.1, -0.05) is 12.1 Å². The molecule has 2 aromatic carbocycles. The van der Waals surface area contributed by atoms with E-state index in [0.717, 1.165) is 37.2 Å². The van der Waals surface area contributed by atoms with Gasteiger partial charge in [0.25, 0.3) is 5.91 Å². The van der Waals surface area contributed by atoms with Crippen molar-refractivity contribution in [2.45, 2.75) is 32.4 Å². The number of hydrogen-bond donors (Lipinski definition) is 2. The SMILES string of the molecule is Cl.Cl.NCCc1ccc(Oc2ccc(F)c(C(=O)NCc3nnc4n3CCC4)c2)cc1. The van der Waals surface area contributed by atoms with Gasteiger partial charge in [0.2, 0.25) is 0 Å². The van der Waals surface area contributed by atoms with Crippen LogP contribution in [0.15, 0.2) is 42.5 Å². The number of rotatable bonds is 7. The van der Waals surface area contributed by atoms with Crippen molar-refractivity contribution in [2.24, 2.45) is 5.73 Å². The van der Waals surface area contributed by atoms with Gasteiger partial charge in [-0.25, -0.2) is 4.39 Å². The minimum absolute atomic E-state index is 0. The lowest BCUT2D eigenvalue weighted by Crippen LogP contribution is -2.25. The van der Waals surface area contributed by atoms with Crippen LogP contribution in [0.25, 0.3) is 0 Å². The molecule has 0 saturated carbocycles. The number of fused-ring (bicyclic) bond motifs is 1. The maximum atomic E-state index is 14.2. The van der Waals surface area contributed by atoms with Gasteiger partial charge < -0.3 is 20.4 Å². The monoisotopic (exact) mass is 467 g/mol. The molecule has 0 atom stereocenters. The molecule has 2 heterocycles. The summed E-state index contributed by atoms with van der Waals surface area (Å²) in [4.78, 5) is 12.5. The summed E-state index contributed by atoms with van der Waals surface area (Å²) in [6, 6.07) is 11.6. The molecule has 1 amide bonds. The zero-order chi connectivity index (χ0) is 20.2. The number of aryl methyl sites for hydroxylation is 1. The number of nitrogens with two attached hydrogens (primary N) is 1. The molecule has 0 aliphatic carbocycles. The molecule has 0 fully saturated rings. The predicted molar refractivity (Wildman–Crippen MR) is 120 cm³/mol. The fraction of sp³-hybridized carbons (Fsp3) is 0.286. The van der Waals surface area contributed by atoms with Gasteiger partial charge >= 0.3 is 0 Å². The fourth-order valence-corrected chi connectivity index (χ4v) is 3.36. The van der Waals surface area contributed by atoms with Crippen molar-refractivity contribution in [3.05, 3.63) is 71.1 Å². The Morgan fingerprint density at radius 1 is 1.13 bits per heavy atom. The molecular weight excluding hydrogens is 444 g/mol. The number of carbonyl (C=O) groups excluding carboxylic acids is 1. The molecule has 1 aromatic heterocycles. The Balaban J connectivity index is 0.00000171. The van der Waals surface area contributed by atoms with Gasteiger partial charge in [-0.05, 0) is 55.3 Å². The van der Waals surface area contributed by atoms with Gasteiger partial charge in [-0.3, -0.25) is 4.79 Å². The molecular formula is C21H24Cl2FN5O2. The smallest absolute Gasteiger partial charge is 0.254 e. The van der Waals surface area contributed by atoms with Crippen molar-refractivity contribution in [1.29, 1.82) is 0 Å². The highest BCUT2D eigenvalue weighted by molar-refractivity contribution is 5.94. The number of nitrogens with one attached hydrogen (secondary N) is 1. The van der Waals surface area contributed by atoms with Crippen molar-refractivity contribution in [3.8, 4) is 11.5 Å². The molecule has 1 aliphatic heterocycles. The topological polar surface area (TPSA) is 95.1 Å². The Bertz CT molecular complexity index is 1030. The summed E-state index contributed by atoms with van der Waals surface area (Å²) in [7, 11) is 0. The van der Waals surface area contributed by atoms with E-state index >= 15 is 0 Å². The van der Waals surface area contributed by atoms with Crippen molar-refractivity contribution >= 4 is 30.7 Å². The minimum atomic E-state index is -0.611. The molecule has 0 unspecified atom stereocenters. The van der Waals surface area contributed by atoms with Crippen LogP contribution in [0.2, 0.25) is 0 Å². The number of carbonyl (C=O) groups is 1. The van der Waals surface area contributed by atoms with E-state index in [1.54, 1.807) is 0 Å². The summed E-state index contributed by atoms with van der Waals surface area (Å²) in [5, 5.41) is 10.9. The number of amides is 1. The van der Waals surface area contributed by atoms with Crippen molar-refractivity contribution in [2.75, 3.05) is 6.54 Å². The lowest BCUT2D eigenvalue weighted by molar-refractivity contribution is 0.0945. The second-order valence-corrected chi connectivity index (χ2v) is 6.90. The molecule has 7 nitrogen and oxygen atoms in total. The van der Waals surface area contributed by atoms with Gasteiger partial charge in [0.15, 0.2) is 5.82 Å². The Morgan fingerprint density at radius 2 is 1.87 bits per heavy atom. The molecule has 3 aromatic rings. The second-order valence-electron chi connectivity index (χ2n) is 6.90. The van der Waals surface area contributed by atoms with E-state index in [4.69, 9.17) is 10.5 Å². The van der Waals surface area contributed by atoms with E-state index in [0.29, 0.717) is 23.9 Å². The van der Waals surface area contributed by atoms with Gasteiger partial charge in [-0.15, -0.1) is 35.0 Å². The summed E-state index contributed by atoms with van der Waals surface area (Å²) in [5.41, 5.74) is 6.58. The van der Waals surface area contributed by atoms with Gasteiger partial charge in [0, 0.05) is 13.0 Å². The second kappa shape index (κ2) is 11.1. The van der Waals surface area contributed by atoms with Crippen LogP contribution in [0.3, 0.4) is 0 Å². The fourth-order valence-electron chi connectivity index (χ4n) is 3.36. The van der Waals surface area contributed by atoms with E-state index in [1.807, 2.05) is 28.8 Å². The highest BCUT2D eigenvalue weighted by atomic mass is 35.5. The van der Waals surface area contributed by atoms with E-state index < -0.39 is 11.7 Å². The van der Waals surface area contributed by atoms with Crippen LogP contribution in [-0.2, 0) is 25.9 Å². The first kappa shape index (κ1) is 24.6. The maximum absolute atomic E-state index is 14.2. The van der Waals surface area contributed by atoms with Crippen LogP contribution in [0.4, 0.5) is 4.39 Å². The number of halogens is 3. The Morgan fingerprint density at radius 3 is 2.61 bits per heavy atom. The molecule has 0 bridgehead atoms. The third-order valence-corrected chi connectivity index (χ3v) is 4.87. The number of nitrogens with zero attached hydrogens (tertiary/aromatic N) is 3. The van der Waals surface area contributed by atoms with Gasteiger partial charge in [0.1, 0.15) is 23.1 Å². The Labute approximate surface area is 192 Å². The van der Waals surface area contributed by atoms with Gasteiger partial charge in [0.05, 0.1) is 12.1 Å². The summed E-state index contributed by atoms with van der Waals surface area (Å²) in [6.45, 7) is 1.61. The molecule has 0 saturated heterocycles. The maximum Gasteiger partial charge on any atom is 0.254 e. The van der Waals surface area contributed by atoms with Crippen LogP contribution in [-0.4, -0.2) is 27.2 Å². The van der Waals surface area contributed by atoms with Crippen LogP contribution >= 0.6 is 24.8 Å². The summed E-state index contributed by atoms with van der Waals surface area (Å²) >= 11 is 0. The molecule has 10 heteroatoms. The first-order valence-electron chi connectivity index (χ1n) is 9.59. The third kappa shape index (κ3) is 5.72. The van der Waals surface area contributed by atoms with Crippen LogP contribution in [0.1, 0.15) is 34.0 Å². The molecule has 31 heavy (non-hydrogen) atoms. The lowest BCUT2D eigenvalue weighted by Gasteiger charge is -2.10. The molecule has 1 aliphatic rings. The summed E-state index contributed by atoms with van der Waals surface area (Å²) < 4.78 is 22.0. The molecule has 3 N–H and O–H groups in total. The van der Waals surface area contributed by atoms with E-state index in [1.165, 1.54) is 18.2 Å². The third-order valence-electron chi connectivity index (χ3n) is 4.87. The number of hydrogen-bond acceptors (Lipinski definition) is 5. The number of benzene rings is 2. The normalized spacial score (nSPS) is 11.8. The summed E-state index contributed by atoms with van der Waals surface area (Å²) in [5.74, 6) is 1.44. The van der Waals surface area contributed by atoms with Crippen LogP contribution in [0.5, 0.6) is 11.5 Å².